The summed E-state index contributed by atoms with van der Waals surface area (Å²) in [6.07, 6.45) is 3.20. The second kappa shape index (κ2) is 8.39. The van der Waals surface area contributed by atoms with E-state index in [9.17, 15) is 4.79 Å². The summed E-state index contributed by atoms with van der Waals surface area (Å²) in [4.78, 5) is 27.7. The Balaban J connectivity index is 1.34. The van der Waals surface area contributed by atoms with Gasteiger partial charge < -0.3 is 4.90 Å². The van der Waals surface area contributed by atoms with Crippen LogP contribution in [-0.2, 0) is 6.54 Å². The van der Waals surface area contributed by atoms with Crippen LogP contribution in [0.15, 0.2) is 48.8 Å². The molecule has 0 N–H and O–H groups in total. The molecule has 0 bridgehead atoms. The van der Waals surface area contributed by atoms with Crippen LogP contribution in [0.2, 0.25) is 5.02 Å². The number of carbonyl (C=O) groups is 1. The molecule has 1 saturated heterocycles. The van der Waals surface area contributed by atoms with E-state index in [4.69, 9.17) is 11.6 Å². The van der Waals surface area contributed by atoms with Gasteiger partial charge in [0.25, 0.3) is 5.91 Å². The van der Waals surface area contributed by atoms with E-state index in [0.717, 1.165) is 35.9 Å². The summed E-state index contributed by atoms with van der Waals surface area (Å²) in [5.74, 6) is -0.0377. The molecule has 4 rings (SSSR count). The van der Waals surface area contributed by atoms with Crippen LogP contribution in [0.3, 0.4) is 0 Å². The molecular weight excluding hydrogens is 392 g/mol. The van der Waals surface area contributed by atoms with E-state index in [0.29, 0.717) is 18.8 Å². The molecule has 3 aromatic rings. The Bertz CT molecular complexity index is 965. The summed E-state index contributed by atoms with van der Waals surface area (Å²) in [6.45, 7) is 5.87. The maximum Gasteiger partial charge on any atom is 0.274 e. The minimum absolute atomic E-state index is 0.0377. The van der Waals surface area contributed by atoms with Crippen LogP contribution >= 0.6 is 22.9 Å². The fraction of sp³-hybridized carbons (Fsp3) is 0.286. The Morgan fingerprint density at radius 2 is 1.86 bits per heavy atom. The molecule has 3 heterocycles. The fourth-order valence-corrected chi connectivity index (χ4v) is 4.65. The fourth-order valence-electron chi connectivity index (χ4n) is 3.26. The number of hydrogen-bond acceptors (Lipinski definition) is 5. The number of aryl methyl sites for hydroxylation is 1. The van der Waals surface area contributed by atoms with Crippen molar-refractivity contribution in [3.63, 3.8) is 0 Å². The van der Waals surface area contributed by atoms with Gasteiger partial charge in [0.1, 0.15) is 5.69 Å². The lowest BCUT2D eigenvalue weighted by Crippen LogP contribution is -2.48. The van der Waals surface area contributed by atoms with E-state index in [1.165, 1.54) is 9.75 Å². The normalized spacial score (nSPS) is 15.0. The van der Waals surface area contributed by atoms with Gasteiger partial charge in [-0.05, 0) is 25.1 Å². The molecule has 5 nitrogen and oxygen atoms in total. The van der Waals surface area contributed by atoms with Crippen LogP contribution in [0.4, 0.5) is 0 Å². The number of carbonyl (C=O) groups excluding carboxylic acids is 1. The number of rotatable bonds is 4. The third-order valence-electron chi connectivity index (χ3n) is 4.84. The zero-order chi connectivity index (χ0) is 19.5. The van der Waals surface area contributed by atoms with Gasteiger partial charge in [-0.3, -0.25) is 14.7 Å². The summed E-state index contributed by atoms with van der Waals surface area (Å²) >= 11 is 8.09. The highest BCUT2D eigenvalue weighted by Crippen LogP contribution is 2.33. The first-order valence-corrected chi connectivity index (χ1v) is 10.4. The van der Waals surface area contributed by atoms with Crippen molar-refractivity contribution in [1.29, 1.82) is 0 Å². The number of benzene rings is 1. The SMILES string of the molecule is Cc1cnc(C(=O)N2CCN(Cc3ccc(-c4ccccc4Cl)s3)CC2)cn1. The predicted molar refractivity (Wildman–Crippen MR) is 113 cm³/mol. The highest BCUT2D eigenvalue weighted by atomic mass is 35.5. The number of halogens is 1. The zero-order valence-electron chi connectivity index (χ0n) is 15.6. The van der Waals surface area contributed by atoms with Crippen LogP contribution < -0.4 is 0 Å². The van der Waals surface area contributed by atoms with Crippen molar-refractivity contribution >= 4 is 28.8 Å². The van der Waals surface area contributed by atoms with E-state index in [1.807, 2.05) is 30.0 Å². The molecular formula is C21H21ClN4OS. The first-order chi connectivity index (χ1) is 13.6. The Hall–Kier alpha value is -2.28. The molecule has 2 aromatic heterocycles. The van der Waals surface area contributed by atoms with Gasteiger partial charge in [-0.25, -0.2) is 4.98 Å². The van der Waals surface area contributed by atoms with Crippen LogP contribution in [-0.4, -0.2) is 51.9 Å². The Labute approximate surface area is 173 Å². The molecule has 1 aromatic carbocycles. The van der Waals surface area contributed by atoms with Crippen molar-refractivity contribution in [1.82, 2.24) is 19.8 Å². The largest absolute Gasteiger partial charge is 0.335 e. The van der Waals surface area contributed by atoms with E-state index in [2.05, 4.69) is 33.1 Å². The van der Waals surface area contributed by atoms with Gasteiger partial charge in [0.05, 0.1) is 11.9 Å². The minimum Gasteiger partial charge on any atom is -0.335 e. The molecule has 0 unspecified atom stereocenters. The molecule has 7 heteroatoms. The van der Waals surface area contributed by atoms with E-state index < -0.39 is 0 Å². The highest BCUT2D eigenvalue weighted by Gasteiger charge is 2.23. The van der Waals surface area contributed by atoms with Gasteiger partial charge in [0.2, 0.25) is 0 Å². The van der Waals surface area contributed by atoms with Gasteiger partial charge in [-0.1, -0.05) is 29.8 Å². The van der Waals surface area contributed by atoms with E-state index >= 15 is 0 Å². The lowest BCUT2D eigenvalue weighted by atomic mass is 10.2. The van der Waals surface area contributed by atoms with Crippen LogP contribution in [0.25, 0.3) is 10.4 Å². The van der Waals surface area contributed by atoms with Crippen molar-refractivity contribution in [2.75, 3.05) is 26.2 Å². The topological polar surface area (TPSA) is 49.3 Å². The molecule has 1 fully saturated rings. The summed E-state index contributed by atoms with van der Waals surface area (Å²) in [5, 5.41) is 0.780. The number of piperazine rings is 1. The molecule has 1 amide bonds. The lowest BCUT2D eigenvalue weighted by Gasteiger charge is -2.34. The van der Waals surface area contributed by atoms with Crippen LogP contribution in [0.1, 0.15) is 21.1 Å². The van der Waals surface area contributed by atoms with Gasteiger partial charge in [-0.2, -0.15) is 0 Å². The van der Waals surface area contributed by atoms with Gasteiger partial charge >= 0.3 is 0 Å². The van der Waals surface area contributed by atoms with E-state index in [-0.39, 0.29) is 5.91 Å². The smallest absolute Gasteiger partial charge is 0.274 e. The summed E-state index contributed by atoms with van der Waals surface area (Å²) in [7, 11) is 0. The maximum atomic E-state index is 12.6. The van der Waals surface area contributed by atoms with Crippen molar-refractivity contribution in [3.05, 3.63) is 70.1 Å². The molecule has 0 spiro atoms. The third-order valence-corrected chi connectivity index (χ3v) is 6.27. The lowest BCUT2D eigenvalue weighted by molar-refractivity contribution is 0.0623. The number of nitrogens with zero attached hydrogens (tertiary/aromatic N) is 4. The highest BCUT2D eigenvalue weighted by molar-refractivity contribution is 7.15. The standard InChI is InChI=1S/C21H21ClN4OS/c1-15-12-24-19(13-23-15)21(27)26-10-8-25(9-11-26)14-16-6-7-20(28-16)17-4-2-3-5-18(17)22/h2-7,12-13H,8-11,14H2,1H3. The molecule has 1 aliphatic heterocycles. The van der Waals surface area contributed by atoms with Crippen molar-refractivity contribution in [2.45, 2.75) is 13.5 Å². The quantitative estimate of drug-likeness (QED) is 0.646. The van der Waals surface area contributed by atoms with Crippen LogP contribution in [0.5, 0.6) is 0 Å². The average molecular weight is 413 g/mol. The van der Waals surface area contributed by atoms with Gasteiger partial charge in [0.15, 0.2) is 0 Å². The van der Waals surface area contributed by atoms with Gasteiger partial charge in [-0.15, -0.1) is 11.3 Å². The monoisotopic (exact) mass is 412 g/mol. The van der Waals surface area contributed by atoms with Crippen molar-refractivity contribution in [2.24, 2.45) is 0 Å². The molecule has 0 aliphatic carbocycles. The molecule has 144 valence electrons. The average Bonchev–Trinajstić information content (AvgIpc) is 3.17. The number of thiophene rings is 1. The predicted octanol–water partition coefficient (Wildman–Crippen LogP) is 4.12. The molecule has 0 radical (unpaired) electrons. The van der Waals surface area contributed by atoms with Crippen LogP contribution in [0, 0.1) is 6.92 Å². The second-order valence-electron chi connectivity index (χ2n) is 6.86. The second-order valence-corrected chi connectivity index (χ2v) is 8.43. The minimum atomic E-state index is -0.0377. The third kappa shape index (κ3) is 4.24. The first kappa shape index (κ1) is 19.1. The number of hydrogen-bond donors (Lipinski definition) is 0. The molecule has 0 saturated carbocycles. The van der Waals surface area contributed by atoms with Crippen molar-refractivity contribution in [3.8, 4) is 10.4 Å². The molecule has 1 aliphatic rings. The molecule has 28 heavy (non-hydrogen) atoms. The molecule has 0 atom stereocenters. The van der Waals surface area contributed by atoms with Crippen molar-refractivity contribution < 1.29 is 4.79 Å². The first-order valence-electron chi connectivity index (χ1n) is 9.24. The maximum absolute atomic E-state index is 12.6. The Kier molecular flexibility index (Phi) is 5.71. The summed E-state index contributed by atoms with van der Waals surface area (Å²) in [5.41, 5.74) is 2.31. The Morgan fingerprint density at radius 3 is 2.57 bits per heavy atom. The van der Waals surface area contributed by atoms with E-state index in [1.54, 1.807) is 23.7 Å². The summed E-state index contributed by atoms with van der Waals surface area (Å²) < 4.78 is 0. The van der Waals surface area contributed by atoms with Gasteiger partial charge in [0, 0.05) is 59.3 Å². The zero-order valence-corrected chi connectivity index (χ0v) is 17.2. The number of amides is 1. The summed E-state index contributed by atoms with van der Waals surface area (Å²) in [6, 6.07) is 12.2. The Morgan fingerprint density at radius 1 is 1.07 bits per heavy atom. The number of aromatic nitrogens is 2.